The van der Waals surface area contributed by atoms with E-state index in [1.165, 1.54) is 19.1 Å². The van der Waals surface area contributed by atoms with E-state index in [2.05, 4.69) is 25.9 Å². The Bertz CT molecular complexity index is 1050. The summed E-state index contributed by atoms with van der Waals surface area (Å²) < 4.78 is 0. The van der Waals surface area contributed by atoms with Crippen LogP contribution in [0.4, 0.5) is 0 Å². The third-order valence-corrected chi connectivity index (χ3v) is 5.63. The molecule has 16 nitrogen and oxygen atoms in total. The van der Waals surface area contributed by atoms with Gasteiger partial charge in [0.15, 0.2) is 11.9 Å². The molecule has 3 amide bonds. The number of aliphatic carboxylic acids is 1. The first kappa shape index (κ1) is 33.4. The zero-order valence-corrected chi connectivity index (χ0v) is 22.4. The zero-order chi connectivity index (χ0) is 30.2. The average Bonchev–Trinajstić information content (AvgIpc) is 2.88. The van der Waals surface area contributed by atoms with E-state index in [-0.39, 0.29) is 49.9 Å². The molecule has 4 unspecified atom stereocenters. The SMILES string of the molecule is CC(NC(=O)C(N)CCCN=C(N)N)C(=O)NC(Cc1ccc(O)cc1)C(=O)NC(CCCN=C(N)N)C(=O)O. The predicted octanol–water partition coefficient (Wildman–Crippen LogP) is -3.07. The molecule has 0 aliphatic heterocycles. The Kier molecular flexibility index (Phi) is 14.3. The molecule has 0 fully saturated rings. The molecule has 4 atom stereocenters. The fraction of sp³-hybridized carbons (Fsp3) is 0.500. The lowest BCUT2D eigenvalue weighted by atomic mass is 10.0. The fourth-order valence-electron chi connectivity index (χ4n) is 3.44. The highest BCUT2D eigenvalue weighted by molar-refractivity contribution is 5.94. The Morgan fingerprint density at radius 1 is 0.800 bits per heavy atom. The number of carboxylic acids is 1. The van der Waals surface area contributed by atoms with Crippen molar-refractivity contribution in [3.8, 4) is 5.75 Å². The van der Waals surface area contributed by atoms with Crippen LogP contribution in [0.1, 0.15) is 38.2 Å². The minimum absolute atomic E-state index is 0.00600. The number of carbonyl (C=O) groups is 4. The first-order chi connectivity index (χ1) is 18.8. The highest BCUT2D eigenvalue weighted by Gasteiger charge is 2.29. The van der Waals surface area contributed by atoms with Gasteiger partial charge in [-0.2, -0.15) is 0 Å². The summed E-state index contributed by atoms with van der Waals surface area (Å²) in [6, 6.07) is 1.47. The molecule has 1 rings (SSSR count). The number of nitrogens with two attached hydrogens (primary N) is 5. The van der Waals surface area contributed by atoms with Crippen molar-refractivity contribution in [2.75, 3.05) is 13.1 Å². The predicted molar refractivity (Wildman–Crippen MR) is 149 cm³/mol. The Morgan fingerprint density at radius 3 is 1.85 bits per heavy atom. The molecule has 16 heteroatoms. The molecule has 15 N–H and O–H groups in total. The molecule has 0 aromatic heterocycles. The lowest BCUT2D eigenvalue weighted by Gasteiger charge is -2.24. The first-order valence-electron chi connectivity index (χ1n) is 12.6. The van der Waals surface area contributed by atoms with Crippen LogP contribution in [-0.4, -0.2) is 83.1 Å². The monoisotopic (exact) mass is 564 g/mol. The Morgan fingerprint density at radius 2 is 1.32 bits per heavy atom. The second kappa shape index (κ2) is 17.1. The van der Waals surface area contributed by atoms with Gasteiger partial charge in [-0.3, -0.25) is 24.4 Å². The number of hydrogen-bond acceptors (Lipinski definition) is 8. The van der Waals surface area contributed by atoms with Gasteiger partial charge in [-0.1, -0.05) is 12.1 Å². The number of amides is 3. The van der Waals surface area contributed by atoms with E-state index in [1.807, 2.05) is 0 Å². The largest absolute Gasteiger partial charge is 0.508 e. The zero-order valence-electron chi connectivity index (χ0n) is 22.4. The highest BCUT2D eigenvalue weighted by atomic mass is 16.4. The maximum atomic E-state index is 13.1. The molecular formula is C24H40N10O6. The third kappa shape index (κ3) is 13.3. The Hall–Kier alpha value is -4.60. The second-order valence-corrected chi connectivity index (χ2v) is 9.07. The molecule has 0 heterocycles. The maximum Gasteiger partial charge on any atom is 0.326 e. The molecule has 0 saturated carbocycles. The number of carbonyl (C=O) groups excluding carboxylic acids is 3. The fourth-order valence-corrected chi connectivity index (χ4v) is 3.44. The number of nitrogens with zero attached hydrogens (tertiary/aromatic N) is 2. The number of carboxylic acid groups (broad SMARTS) is 1. The molecular weight excluding hydrogens is 524 g/mol. The van der Waals surface area contributed by atoms with Gasteiger partial charge >= 0.3 is 5.97 Å². The lowest BCUT2D eigenvalue weighted by molar-refractivity contribution is -0.142. The molecule has 0 bridgehead atoms. The smallest absolute Gasteiger partial charge is 0.326 e. The number of nitrogens with one attached hydrogen (secondary N) is 3. The molecule has 0 aliphatic carbocycles. The van der Waals surface area contributed by atoms with Crippen LogP contribution in [0, 0.1) is 0 Å². The second-order valence-electron chi connectivity index (χ2n) is 9.07. The maximum absolute atomic E-state index is 13.1. The molecule has 1 aromatic rings. The van der Waals surface area contributed by atoms with Gasteiger partial charge in [0.25, 0.3) is 0 Å². The van der Waals surface area contributed by atoms with E-state index in [1.54, 1.807) is 12.1 Å². The molecule has 0 radical (unpaired) electrons. The van der Waals surface area contributed by atoms with Gasteiger partial charge in [-0.25, -0.2) is 4.79 Å². The van der Waals surface area contributed by atoms with Crippen LogP contribution in [0.3, 0.4) is 0 Å². The van der Waals surface area contributed by atoms with Crippen molar-refractivity contribution in [2.24, 2.45) is 38.7 Å². The van der Waals surface area contributed by atoms with Gasteiger partial charge in [-0.15, -0.1) is 0 Å². The number of aliphatic imine (C=N–C) groups is 2. The van der Waals surface area contributed by atoms with Crippen molar-refractivity contribution < 1.29 is 29.4 Å². The minimum Gasteiger partial charge on any atom is -0.508 e. The van der Waals surface area contributed by atoms with Gasteiger partial charge in [0.05, 0.1) is 6.04 Å². The number of guanidine groups is 2. The topological polar surface area (TPSA) is 300 Å². The minimum atomic E-state index is -1.28. The van der Waals surface area contributed by atoms with Gasteiger partial charge in [-0.05, 0) is 50.3 Å². The van der Waals surface area contributed by atoms with Gasteiger partial charge in [0, 0.05) is 19.5 Å². The van der Waals surface area contributed by atoms with Crippen molar-refractivity contribution >= 4 is 35.6 Å². The van der Waals surface area contributed by atoms with E-state index in [9.17, 15) is 29.4 Å². The van der Waals surface area contributed by atoms with E-state index in [4.69, 9.17) is 28.7 Å². The standard InChI is InChI=1S/C24H40N10O6/c1-13(32-20(37)16(25)4-2-10-30-23(26)27)19(36)34-18(12-14-6-8-15(35)9-7-14)21(38)33-17(22(39)40)5-3-11-31-24(28)29/h6-9,13,16-18,35H,2-5,10-12,25H2,1H3,(H,32,37)(H,33,38)(H,34,36)(H,39,40)(H4,26,27,30)(H4,28,29,31). The third-order valence-electron chi connectivity index (χ3n) is 5.63. The van der Waals surface area contributed by atoms with Crippen molar-refractivity contribution in [2.45, 2.75) is 63.2 Å². The van der Waals surface area contributed by atoms with E-state index >= 15 is 0 Å². The molecule has 222 valence electrons. The number of benzene rings is 1. The summed E-state index contributed by atoms with van der Waals surface area (Å²) in [6.07, 6.45) is 0.995. The van der Waals surface area contributed by atoms with Crippen molar-refractivity contribution in [1.29, 1.82) is 0 Å². The first-order valence-corrected chi connectivity index (χ1v) is 12.6. The lowest BCUT2D eigenvalue weighted by Crippen LogP contribution is -2.57. The van der Waals surface area contributed by atoms with Crippen molar-refractivity contribution in [3.05, 3.63) is 29.8 Å². The summed E-state index contributed by atoms with van der Waals surface area (Å²) >= 11 is 0. The van der Waals surface area contributed by atoms with Crippen LogP contribution >= 0.6 is 0 Å². The number of rotatable bonds is 17. The van der Waals surface area contributed by atoms with Crippen LogP contribution in [0.2, 0.25) is 0 Å². The summed E-state index contributed by atoms with van der Waals surface area (Å²) in [7, 11) is 0. The van der Waals surface area contributed by atoms with Crippen LogP contribution in [-0.2, 0) is 25.6 Å². The normalized spacial score (nSPS) is 13.6. The summed E-state index contributed by atoms with van der Waals surface area (Å²) in [5.41, 5.74) is 27.5. The number of phenolic OH excluding ortho intramolecular Hbond substituents is 1. The molecule has 0 spiro atoms. The van der Waals surface area contributed by atoms with Gasteiger partial charge < -0.3 is 54.8 Å². The van der Waals surface area contributed by atoms with E-state index in [0.29, 0.717) is 18.5 Å². The van der Waals surface area contributed by atoms with Crippen molar-refractivity contribution in [1.82, 2.24) is 16.0 Å². The van der Waals surface area contributed by atoms with Crippen LogP contribution < -0.4 is 44.6 Å². The summed E-state index contributed by atoms with van der Waals surface area (Å²) in [6.45, 7) is 1.88. The number of hydrogen-bond donors (Lipinski definition) is 10. The molecule has 40 heavy (non-hydrogen) atoms. The average molecular weight is 565 g/mol. The molecule has 1 aromatic carbocycles. The van der Waals surface area contributed by atoms with Crippen LogP contribution in [0.15, 0.2) is 34.3 Å². The molecule has 0 aliphatic rings. The van der Waals surface area contributed by atoms with Crippen LogP contribution in [0.25, 0.3) is 0 Å². The quantitative estimate of drug-likeness (QED) is 0.0514. The van der Waals surface area contributed by atoms with E-state index < -0.39 is 47.9 Å². The van der Waals surface area contributed by atoms with Gasteiger partial charge in [0.1, 0.15) is 23.9 Å². The number of phenols is 1. The summed E-state index contributed by atoms with van der Waals surface area (Å²) in [5, 5.41) is 26.6. The van der Waals surface area contributed by atoms with Crippen molar-refractivity contribution in [3.63, 3.8) is 0 Å². The molecule has 0 saturated heterocycles. The Labute approximate surface area is 231 Å². The Balaban J connectivity index is 2.89. The van der Waals surface area contributed by atoms with E-state index in [0.717, 1.165) is 0 Å². The summed E-state index contributed by atoms with van der Waals surface area (Å²) in [4.78, 5) is 57.8. The number of aromatic hydroxyl groups is 1. The summed E-state index contributed by atoms with van der Waals surface area (Å²) in [5.74, 6) is -3.52. The van der Waals surface area contributed by atoms with Gasteiger partial charge in [0.2, 0.25) is 17.7 Å². The van der Waals surface area contributed by atoms with Crippen LogP contribution in [0.5, 0.6) is 5.75 Å². The highest BCUT2D eigenvalue weighted by Crippen LogP contribution is 2.12.